The molecule has 1 aromatic heterocycles. The second-order valence-electron chi connectivity index (χ2n) is 4.56. The Morgan fingerprint density at radius 3 is 2.50 bits per heavy atom. The zero-order valence-corrected chi connectivity index (χ0v) is 13.8. The van der Waals surface area contributed by atoms with Gasteiger partial charge in [0.25, 0.3) is 0 Å². The van der Waals surface area contributed by atoms with E-state index in [4.69, 9.17) is 23.2 Å². The van der Waals surface area contributed by atoms with E-state index < -0.39 is 5.51 Å². The van der Waals surface area contributed by atoms with E-state index in [9.17, 15) is 13.2 Å². The first-order valence-corrected chi connectivity index (χ1v) is 7.66. The molecule has 0 saturated carbocycles. The van der Waals surface area contributed by atoms with Crippen molar-refractivity contribution in [3.05, 3.63) is 28.5 Å². The number of alkyl halides is 3. The van der Waals surface area contributed by atoms with Gasteiger partial charge in [-0.2, -0.15) is 23.3 Å². The summed E-state index contributed by atoms with van der Waals surface area (Å²) in [6.07, 6.45) is 1.37. The third-order valence-electron chi connectivity index (χ3n) is 2.56. The van der Waals surface area contributed by atoms with E-state index >= 15 is 0 Å². The Kier molecular flexibility index (Phi) is 5.14. The van der Waals surface area contributed by atoms with E-state index in [2.05, 4.69) is 15.4 Å². The van der Waals surface area contributed by atoms with Gasteiger partial charge >= 0.3 is 5.51 Å². The molecule has 0 aliphatic carbocycles. The number of hydrogen-bond donors (Lipinski definition) is 1. The summed E-state index contributed by atoms with van der Waals surface area (Å²) in [5, 5.41) is 7.01. The summed E-state index contributed by atoms with van der Waals surface area (Å²) in [5.74, 6) is 0.421. The Bertz CT molecular complexity index is 673. The molecule has 0 amide bonds. The lowest BCUT2D eigenvalue weighted by Gasteiger charge is -2.14. The van der Waals surface area contributed by atoms with Crippen LogP contribution in [0.1, 0.15) is 19.9 Å². The third-order valence-corrected chi connectivity index (χ3v) is 4.08. The Balaban J connectivity index is 2.29. The molecule has 1 aromatic carbocycles. The Labute approximate surface area is 139 Å². The first-order valence-electron chi connectivity index (χ1n) is 6.08. The molecule has 2 aromatic rings. The lowest BCUT2D eigenvalue weighted by atomic mass is 10.3. The van der Waals surface area contributed by atoms with Crippen LogP contribution in [-0.4, -0.2) is 20.3 Å². The van der Waals surface area contributed by atoms with Gasteiger partial charge in [0, 0.05) is 4.90 Å². The van der Waals surface area contributed by atoms with Crippen LogP contribution in [0.3, 0.4) is 0 Å². The largest absolute Gasteiger partial charge is 0.446 e. The fraction of sp³-hybridized carbons (Fsp3) is 0.333. The van der Waals surface area contributed by atoms with Gasteiger partial charge in [0.2, 0.25) is 5.95 Å². The number of rotatable bonds is 4. The van der Waals surface area contributed by atoms with Crippen LogP contribution in [0.25, 0.3) is 0 Å². The summed E-state index contributed by atoms with van der Waals surface area (Å²) < 4.78 is 38.9. The molecule has 0 atom stereocenters. The van der Waals surface area contributed by atoms with E-state index in [1.165, 1.54) is 18.5 Å². The molecule has 1 N–H and O–H groups in total. The van der Waals surface area contributed by atoms with Crippen molar-refractivity contribution in [1.29, 1.82) is 0 Å². The number of hydrogen-bond acceptors (Lipinski definition) is 4. The molecule has 1 heterocycles. The number of aromatic nitrogens is 3. The van der Waals surface area contributed by atoms with Gasteiger partial charge in [0.15, 0.2) is 0 Å². The van der Waals surface area contributed by atoms with Crippen molar-refractivity contribution in [2.75, 3.05) is 5.32 Å². The van der Waals surface area contributed by atoms with Crippen LogP contribution >= 0.6 is 35.0 Å². The highest BCUT2D eigenvalue weighted by Crippen LogP contribution is 2.43. The minimum atomic E-state index is -4.43. The average molecular weight is 371 g/mol. The van der Waals surface area contributed by atoms with Crippen molar-refractivity contribution in [3.63, 3.8) is 0 Å². The fourth-order valence-electron chi connectivity index (χ4n) is 1.67. The molecule has 22 heavy (non-hydrogen) atoms. The lowest BCUT2D eigenvalue weighted by molar-refractivity contribution is -0.0328. The molecule has 0 saturated heterocycles. The lowest BCUT2D eigenvalue weighted by Crippen LogP contribution is -2.08. The highest BCUT2D eigenvalue weighted by atomic mass is 35.5. The second kappa shape index (κ2) is 6.55. The zero-order valence-electron chi connectivity index (χ0n) is 11.4. The van der Waals surface area contributed by atoms with Crippen LogP contribution in [0, 0.1) is 0 Å². The van der Waals surface area contributed by atoms with Crippen LogP contribution in [0.2, 0.25) is 10.0 Å². The van der Waals surface area contributed by atoms with Crippen molar-refractivity contribution >= 4 is 46.6 Å². The molecule has 120 valence electrons. The first kappa shape index (κ1) is 17.2. The minimum absolute atomic E-state index is 0.0511. The van der Waals surface area contributed by atoms with Crippen LogP contribution in [-0.2, 0) is 0 Å². The monoisotopic (exact) mass is 370 g/mol. The summed E-state index contributed by atoms with van der Waals surface area (Å²) in [6.45, 7) is 3.83. The van der Waals surface area contributed by atoms with Gasteiger partial charge in [-0.3, -0.25) is 0 Å². The number of benzene rings is 1. The molecular formula is C12H11Cl2F3N4S. The topological polar surface area (TPSA) is 42.7 Å². The highest BCUT2D eigenvalue weighted by Gasteiger charge is 2.30. The van der Waals surface area contributed by atoms with Crippen molar-refractivity contribution in [2.24, 2.45) is 0 Å². The summed E-state index contributed by atoms with van der Waals surface area (Å²) in [4.78, 5) is 3.88. The maximum absolute atomic E-state index is 12.4. The quantitative estimate of drug-likeness (QED) is 0.719. The number of nitrogens with one attached hydrogen (secondary N) is 1. The maximum atomic E-state index is 12.4. The molecule has 4 nitrogen and oxygen atoms in total. The van der Waals surface area contributed by atoms with Gasteiger partial charge in [-0.25, -0.2) is 4.68 Å². The third kappa shape index (κ3) is 4.21. The van der Waals surface area contributed by atoms with Crippen LogP contribution in [0.15, 0.2) is 23.4 Å². The Hall–Kier alpha value is -1.12. The fourth-order valence-corrected chi connectivity index (χ4v) is 2.80. The van der Waals surface area contributed by atoms with E-state index in [0.717, 1.165) is 0 Å². The van der Waals surface area contributed by atoms with Gasteiger partial charge in [0.05, 0.1) is 21.8 Å². The smallest absolute Gasteiger partial charge is 0.323 e. The second-order valence-corrected chi connectivity index (χ2v) is 6.48. The van der Waals surface area contributed by atoms with Crippen LogP contribution < -0.4 is 5.32 Å². The predicted molar refractivity (Wildman–Crippen MR) is 82.1 cm³/mol. The molecule has 0 aliphatic rings. The number of halogens is 5. The van der Waals surface area contributed by atoms with E-state index in [1.807, 2.05) is 13.8 Å². The van der Waals surface area contributed by atoms with Crippen molar-refractivity contribution < 1.29 is 13.2 Å². The number of nitrogens with zero attached hydrogens (tertiary/aromatic N) is 3. The number of anilines is 2. The van der Waals surface area contributed by atoms with Gasteiger partial charge < -0.3 is 5.32 Å². The van der Waals surface area contributed by atoms with Gasteiger partial charge in [-0.05, 0) is 37.7 Å². The van der Waals surface area contributed by atoms with Gasteiger partial charge in [0.1, 0.15) is 6.33 Å². The molecule has 0 spiro atoms. The summed E-state index contributed by atoms with van der Waals surface area (Å²) in [6, 6.07) is 2.55. The Morgan fingerprint density at radius 2 is 1.91 bits per heavy atom. The SMILES string of the molecule is CC(C)n1ncnc1Nc1cc(Cl)c(SC(F)(F)F)cc1Cl. The van der Waals surface area contributed by atoms with E-state index in [1.54, 1.807) is 4.68 Å². The maximum Gasteiger partial charge on any atom is 0.446 e. The van der Waals surface area contributed by atoms with Gasteiger partial charge in [-0.15, -0.1) is 0 Å². The average Bonchev–Trinajstić information content (AvgIpc) is 2.82. The molecule has 0 bridgehead atoms. The Morgan fingerprint density at radius 1 is 1.23 bits per heavy atom. The first-order chi connectivity index (χ1) is 10.2. The number of thioether (sulfide) groups is 1. The van der Waals surface area contributed by atoms with E-state index in [0.29, 0.717) is 11.6 Å². The van der Waals surface area contributed by atoms with Crippen LogP contribution in [0.5, 0.6) is 0 Å². The minimum Gasteiger partial charge on any atom is -0.323 e. The summed E-state index contributed by atoms with van der Waals surface area (Å²) >= 11 is 11.6. The van der Waals surface area contributed by atoms with Gasteiger partial charge in [-0.1, -0.05) is 23.2 Å². The molecular weight excluding hydrogens is 360 g/mol. The summed E-state index contributed by atoms with van der Waals surface area (Å²) in [7, 11) is 0. The molecule has 0 fully saturated rings. The normalized spacial score (nSPS) is 12.0. The van der Waals surface area contributed by atoms with Crippen molar-refractivity contribution in [1.82, 2.24) is 14.8 Å². The molecule has 2 rings (SSSR count). The van der Waals surface area contributed by atoms with Crippen molar-refractivity contribution in [3.8, 4) is 0 Å². The van der Waals surface area contributed by atoms with E-state index in [-0.39, 0.29) is 32.7 Å². The molecule has 0 radical (unpaired) electrons. The summed E-state index contributed by atoms with van der Waals surface area (Å²) in [5.41, 5.74) is -4.08. The van der Waals surface area contributed by atoms with Crippen LogP contribution in [0.4, 0.5) is 24.8 Å². The molecule has 10 heteroatoms. The zero-order chi connectivity index (χ0) is 16.5. The highest BCUT2D eigenvalue weighted by molar-refractivity contribution is 8.00. The predicted octanol–water partition coefficient (Wildman–Crippen LogP) is 5.52. The standard InChI is InChI=1S/C12H11Cl2F3N4S/c1-6(2)21-11(18-5-19-21)20-9-3-8(14)10(4-7(9)13)22-12(15,16)17/h3-6H,1-2H3,(H,18,19,20). The molecule has 0 unspecified atom stereocenters. The van der Waals surface area contributed by atoms with Crippen molar-refractivity contribution in [2.45, 2.75) is 30.3 Å². The molecule has 0 aliphatic heterocycles.